The van der Waals surface area contributed by atoms with E-state index in [1.165, 1.54) is 0 Å². The third-order valence-electron chi connectivity index (χ3n) is 2.92. The number of hydrogen-bond donors (Lipinski definition) is 3. The normalized spacial score (nSPS) is 12.2. The molecule has 2 amide bonds. The van der Waals surface area contributed by atoms with E-state index >= 15 is 0 Å². The molecule has 7 nitrogen and oxygen atoms in total. The first kappa shape index (κ1) is 19.8. The quantitative estimate of drug-likeness (QED) is 0.708. The fourth-order valence-corrected chi connectivity index (χ4v) is 1.81. The summed E-state index contributed by atoms with van der Waals surface area (Å²) in [5, 5.41) is 14.4. The Morgan fingerprint density at radius 2 is 1.83 bits per heavy atom. The van der Waals surface area contributed by atoms with Crippen molar-refractivity contribution < 1.29 is 24.2 Å². The number of benzene rings is 1. The first-order valence-corrected chi connectivity index (χ1v) is 7.85. The van der Waals surface area contributed by atoms with Gasteiger partial charge in [0.15, 0.2) is 0 Å². The van der Waals surface area contributed by atoms with E-state index in [0.29, 0.717) is 6.42 Å². The lowest BCUT2D eigenvalue weighted by Crippen LogP contribution is -2.42. The summed E-state index contributed by atoms with van der Waals surface area (Å²) >= 11 is 0. The van der Waals surface area contributed by atoms with Gasteiger partial charge in [0, 0.05) is 6.54 Å². The fraction of sp³-hybridized carbons (Fsp3) is 0.529. The largest absolute Gasteiger partial charge is 0.445 e. The molecule has 24 heavy (non-hydrogen) atoms. The zero-order valence-electron chi connectivity index (χ0n) is 14.4. The molecule has 0 aromatic heterocycles. The van der Waals surface area contributed by atoms with Crippen LogP contribution in [0.4, 0.5) is 9.59 Å². The van der Waals surface area contributed by atoms with Gasteiger partial charge in [-0.2, -0.15) is 0 Å². The molecular weight excluding hydrogens is 312 g/mol. The van der Waals surface area contributed by atoms with Crippen LogP contribution in [0.5, 0.6) is 0 Å². The number of aliphatic hydroxyl groups is 1. The fourth-order valence-electron chi connectivity index (χ4n) is 1.81. The first-order chi connectivity index (χ1) is 11.3. The maximum Gasteiger partial charge on any atom is 0.407 e. The van der Waals surface area contributed by atoms with Gasteiger partial charge in [-0.15, -0.1) is 0 Å². The summed E-state index contributed by atoms with van der Waals surface area (Å²) in [5.74, 6) is 0. The Hall–Kier alpha value is -2.28. The average Bonchev–Trinajstić information content (AvgIpc) is 2.51. The van der Waals surface area contributed by atoms with Crippen LogP contribution in [-0.2, 0) is 16.1 Å². The van der Waals surface area contributed by atoms with Crippen LogP contribution in [0.25, 0.3) is 0 Å². The maximum absolute atomic E-state index is 11.6. The van der Waals surface area contributed by atoms with Gasteiger partial charge in [0.25, 0.3) is 0 Å². The van der Waals surface area contributed by atoms with Crippen molar-refractivity contribution in [3.8, 4) is 0 Å². The maximum atomic E-state index is 11.6. The third-order valence-corrected chi connectivity index (χ3v) is 2.92. The van der Waals surface area contributed by atoms with E-state index in [-0.39, 0.29) is 19.8 Å². The van der Waals surface area contributed by atoms with Crippen molar-refractivity contribution in [3.63, 3.8) is 0 Å². The molecule has 0 spiro atoms. The molecule has 0 saturated heterocycles. The van der Waals surface area contributed by atoms with Gasteiger partial charge in [-0.1, -0.05) is 30.3 Å². The number of carbonyl (C=O) groups is 2. The summed E-state index contributed by atoms with van der Waals surface area (Å²) in [6.07, 6.45) is -0.795. The van der Waals surface area contributed by atoms with Crippen molar-refractivity contribution in [2.24, 2.45) is 0 Å². The summed E-state index contributed by atoms with van der Waals surface area (Å²) < 4.78 is 10.2. The van der Waals surface area contributed by atoms with Gasteiger partial charge in [-0.25, -0.2) is 9.59 Å². The number of rotatable bonds is 7. The van der Waals surface area contributed by atoms with E-state index in [2.05, 4.69) is 10.6 Å². The van der Waals surface area contributed by atoms with E-state index < -0.39 is 23.8 Å². The molecule has 0 aliphatic rings. The van der Waals surface area contributed by atoms with Crippen molar-refractivity contribution in [2.75, 3.05) is 13.2 Å². The smallest absolute Gasteiger partial charge is 0.407 e. The van der Waals surface area contributed by atoms with Crippen LogP contribution in [0.2, 0.25) is 0 Å². The number of nitrogens with one attached hydrogen (secondary N) is 2. The molecule has 0 heterocycles. The highest BCUT2D eigenvalue weighted by molar-refractivity contribution is 5.68. The second kappa shape index (κ2) is 9.77. The number of carbonyl (C=O) groups excluding carboxylic acids is 2. The molecule has 1 atom stereocenters. The Balaban J connectivity index is 2.23. The second-order valence-electron chi connectivity index (χ2n) is 6.30. The molecular formula is C17H26N2O5. The lowest BCUT2D eigenvalue weighted by molar-refractivity contribution is 0.0479. The van der Waals surface area contributed by atoms with Crippen LogP contribution in [0.1, 0.15) is 32.8 Å². The molecule has 0 unspecified atom stereocenters. The van der Waals surface area contributed by atoms with E-state index in [1.807, 2.05) is 30.3 Å². The van der Waals surface area contributed by atoms with Crippen LogP contribution in [0, 0.1) is 0 Å². The number of alkyl carbamates (subject to hydrolysis) is 2. The van der Waals surface area contributed by atoms with Gasteiger partial charge in [-0.05, 0) is 32.8 Å². The molecule has 7 heteroatoms. The minimum atomic E-state index is -0.608. The highest BCUT2D eigenvalue weighted by Crippen LogP contribution is 2.07. The molecule has 134 valence electrons. The van der Waals surface area contributed by atoms with Crippen LogP contribution >= 0.6 is 0 Å². The Labute approximate surface area is 142 Å². The van der Waals surface area contributed by atoms with Gasteiger partial charge in [0.2, 0.25) is 0 Å². The highest BCUT2D eigenvalue weighted by atomic mass is 16.6. The van der Waals surface area contributed by atoms with Crippen molar-refractivity contribution in [1.82, 2.24) is 10.6 Å². The van der Waals surface area contributed by atoms with E-state index in [4.69, 9.17) is 9.47 Å². The van der Waals surface area contributed by atoms with Gasteiger partial charge in [0.1, 0.15) is 12.2 Å². The van der Waals surface area contributed by atoms with Crippen LogP contribution in [-0.4, -0.2) is 42.1 Å². The highest BCUT2D eigenvalue weighted by Gasteiger charge is 2.19. The predicted molar refractivity (Wildman–Crippen MR) is 89.5 cm³/mol. The van der Waals surface area contributed by atoms with Gasteiger partial charge >= 0.3 is 12.2 Å². The Kier molecular flexibility index (Phi) is 8.05. The Morgan fingerprint density at radius 3 is 2.42 bits per heavy atom. The molecule has 1 rings (SSSR count). The lowest BCUT2D eigenvalue weighted by Gasteiger charge is -2.22. The Bertz CT molecular complexity index is 513. The summed E-state index contributed by atoms with van der Waals surface area (Å²) in [7, 11) is 0. The summed E-state index contributed by atoms with van der Waals surface area (Å²) in [4.78, 5) is 23.2. The van der Waals surface area contributed by atoms with Gasteiger partial charge < -0.3 is 25.2 Å². The summed E-state index contributed by atoms with van der Waals surface area (Å²) in [6, 6.07) is 8.83. The molecule has 0 aliphatic carbocycles. The molecule has 0 aliphatic heterocycles. The molecule has 1 aromatic rings. The summed E-state index contributed by atoms with van der Waals surface area (Å²) in [5.41, 5.74) is 0.288. The van der Waals surface area contributed by atoms with Crippen molar-refractivity contribution in [2.45, 2.75) is 45.4 Å². The number of aliphatic hydroxyl groups excluding tert-OH is 1. The van der Waals surface area contributed by atoms with Crippen molar-refractivity contribution in [3.05, 3.63) is 35.9 Å². The van der Waals surface area contributed by atoms with Gasteiger partial charge in [0.05, 0.1) is 12.6 Å². The van der Waals surface area contributed by atoms with Crippen LogP contribution in [0.15, 0.2) is 30.3 Å². The first-order valence-electron chi connectivity index (χ1n) is 7.85. The number of amides is 2. The topological polar surface area (TPSA) is 96.9 Å². The minimum absolute atomic E-state index is 0.187. The zero-order valence-corrected chi connectivity index (χ0v) is 14.4. The zero-order chi connectivity index (χ0) is 18.0. The molecule has 0 bridgehead atoms. The monoisotopic (exact) mass is 338 g/mol. The molecule has 1 aromatic carbocycles. The molecule has 3 N–H and O–H groups in total. The molecule has 0 fully saturated rings. The predicted octanol–water partition coefficient (Wildman–Crippen LogP) is 2.19. The number of ether oxygens (including phenoxy) is 2. The van der Waals surface area contributed by atoms with E-state index in [9.17, 15) is 14.7 Å². The average molecular weight is 338 g/mol. The van der Waals surface area contributed by atoms with E-state index in [0.717, 1.165) is 5.56 Å². The van der Waals surface area contributed by atoms with E-state index in [1.54, 1.807) is 20.8 Å². The number of hydrogen-bond acceptors (Lipinski definition) is 5. The van der Waals surface area contributed by atoms with Crippen LogP contribution < -0.4 is 10.6 Å². The SMILES string of the molecule is CC(C)(C)OC(=O)N[C@@H](CO)CCNC(=O)OCc1ccccc1. The molecule has 0 saturated carbocycles. The van der Waals surface area contributed by atoms with Gasteiger partial charge in [-0.3, -0.25) is 0 Å². The van der Waals surface area contributed by atoms with Crippen molar-refractivity contribution in [1.29, 1.82) is 0 Å². The minimum Gasteiger partial charge on any atom is -0.445 e. The molecule has 0 radical (unpaired) electrons. The lowest BCUT2D eigenvalue weighted by atomic mass is 10.2. The Morgan fingerprint density at radius 1 is 1.17 bits per heavy atom. The third kappa shape index (κ3) is 8.99. The standard InChI is InChI=1S/C17H26N2O5/c1-17(2,3)24-16(22)19-14(11-20)9-10-18-15(21)23-12-13-7-5-4-6-8-13/h4-8,14,20H,9-12H2,1-3H3,(H,18,21)(H,19,22)/t14-/m1/s1. The second-order valence-corrected chi connectivity index (χ2v) is 6.30. The van der Waals surface area contributed by atoms with Crippen LogP contribution in [0.3, 0.4) is 0 Å². The summed E-state index contributed by atoms with van der Waals surface area (Å²) in [6.45, 7) is 5.46. The van der Waals surface area contributed by atoms with Crippen molar-refractivity contribution >= 4 is 12.2 Å².